The van der Waals surface area contributed by atoms with E-state index in [1.165, 1.54) is 4.90 Å². The molecule has 0 aliphatic heterocycles. The minimum absolute atomic E-state index is 0.132. The lowest BCUT2D eigenvalue weighted by Gasteiger charge is -2.21. The zero-order valence-corrected chi connectivity index (χ0v) is 14.8. The Morgan fingerprint density at radius 1 is 1.00 bits per heavy atom. The summed E-state index contributed by atoms with van der Waals surface area (Å²) in [6, 6.07) is 17.3. The average Bonchev–Trinajstić information content (AvgIpc) is 2.56. The van der Waals surface area contributed by atoms with Crippen LogP contribution in [0, 0.1) is 0 Å². The van der Waals surface area contributed by atoms with Crippen molar-refractivity contribution in [2.75, 3.05) is 27.7 Å². The van der Waals surface area contributed by atoms with E-state index in [0.717, 1.165) is 23.4 Å². The van der Waals surface area contributed by atoms with Crippen LogP contribution in [-0.2, 0) is 9.53 Å². The van der Waals surface area contributed by atoms with Gasteiger partial charge >= 0.3 is 5.97 Å². The summed E-state index contributed by atoms with van der Waals surface area (Å²) in [5, 5.41) is 0. The topological polar surface area (TPSA) is 40.0 Å². The molecule has 0 saturated heterocycles. The van der Waals surface area contributed by atoms with Gasteiger partial charge in [-0.3, -0.25) is 4.79 Å². The number of esters is 1. The number of quaternary nitrogens is 1. The van der Waals surface area contributed by atoms with Crippen molar-refractivity contribution >= 4 is 5.97 Å². The summed E-state index contributed by atoms with van der Waals surface area (Å²) in [5.41, 5.74) is 1.83. The number of hydrogen-bond donors (Lipinski definition) is 1. The van der Waals surface area contributed by atoms with E-state index in [0.29, 0.717) is 0 Å². The van der Waals surface area contributed by atoms with E-state index < -0.39 is 5.92 Å². The van der Waals surface area contributed by atoms with Crippen molar-refractivity contribution in [3.05, 3.63) is 65.7 Å². The molecule has 0 saturated carbocycles. The molecule has 2 aromatic rings. The fourth-order valence-corrected chi connectivity index (χ4v) is 2.79. The van der Waals surface area contributed by atoms with Crippen LogP contribution in [0.1, 0.15) is 24.0 Å². The number of nitrogens with one attached hydrogen (secondary N) is 1. The Morgan fingerprint density at radius 2 is 1.58 bits per heavy atom. The maximum atomic E-state index is 12.8. The molecular formula is C20H26NO3+. The van der Waals surface area contributed by atoms with Crippen LogP contribution in [0.2, 0.25) is 0 Å². The summed E-state index contributed by atoms with van der Waals surface area (Å²) in [7, 11) is 5.72. The van der Waals surface area contributed by atoms with Crippen molar-refractivity contribution in [3.63, 3.8) is 0 Å². The molecule has 0 heterocycles. The van der Waals surface area contributed by atoms with Crippen molar-refractivity contribution in [1.29, 1.82) is 0 Å². The molecule has 0 amide bonds. The molecule has 24 heavy (non-hydrogen) atoms. The highest BCUT2D eigenvalue weighted by Gasteiger charge is 2.26. The number of carbonyl (C=O) groups excluding carboxylic acids is 1. The smallest absolute Gasteiger partial charge is 0.318 e. The standard InChI is InChI=1S/C20H25NO3/c1-15(14-21(2)3)24-20(22)19(16-8-6-5-7-9-16)17-10-12-18(23-4)13-11-17/h5-13,15,19H,14H2,1-4H3/p+1/t15-,19-/m1/s1. The van der Waals surface area contributed by atoms with Gasteiger partial charge < -0.3 is 14.4 Å². The first-order valence-corrected chi connectivity index (χ1v) is 8.19. The van der Waals surface area contributed by atoms with E-state index in [1.807, 2.05) is 75.6 Å². The van der Waals surface area contributed by atoms with Gasteiger partial charge in [0.25, 0.3) is 0 Å². The normalized spacial score (nSPS) is 13.4. The fraction of sp³-hybridized carbons (Fsp3) is 0.350. The maximum absolute atomic E-state index is 12.8. The second-order valence-corrected chi connectivity index (χ2v) is 6.28. The lowest BCUT2D eigenvalue weighted by atomic mass is 9.91. The SMILES string of the molecule is COc1ccc([C@H](C(=O)O[C@H](C)C[NH+](C)C)c2ccccc2)cc1. The summed E-state index contributed by atoms with van der Waals surface area (Å²) in [6.07, 6.45) is -0.132. The summed E-state index contributed by atoms with van der Waals surface area (Å²) in [6.45, 7) is 2.71. The Kier molecular flexibility index (Phi) is 6.38. The molecule has 0 aliphatic rings. The fourth-order valence-electron chi connectivity index (χ4n) is 2.79. The van der Waals surface area contributed by atoms with E-state index in [9.17, 15) is 4.79 Å². The first-order valence-electron chi connectivity index (χ1n) is 8.19. The number of methoxy groups -OCH3 is 1. The zero-order chi connectivity index (χ0) is 17.5. The quantitative estimate of drug-likeness (QED) is 0.789. The maximum Gasteiger partial charge on any atom is 0.318 e. The van der Waals surface area contributed by atoms with Crippen molar-refractivity contribution < 1.29 is 19.2 Å². The summed E-state index contributed by atoms with van der Waals surface area (Å²) >= 11 is 0. The lowest BCUT2D eigenvalue weighted by Crippen LogP contribution is -3.07. The van der Waals surface area contributed by atoms with Gasteiger partial charge in [-0.05, 0) is 30.2 Å². The molecule has 2 rings (SSSR count). The number of likely N-dealkylation sites (N-methyl/N-ethyl adjacent to an activating group) is 1. The van der Waals surface area contributed by atoms with Crippen LogP contribution in [0.15, 0.2) is 54.6 Å². The van der Waals surface area contributed by atoms with E-state index in [2.05, 4.69) is 0 Å². The van der Waals surface area contributed by atoms with Gasteiger partial charge in [-0.25, -0.2) is 0 Å². The number of carbonyl (C=O) groups is 1. The molecule has 0 spiro atoms. The second-order valence-electron chi connectivity index (χ2n) is 6.28. The number of benzene rings is 2. The third-order valence-corrected chi connectivity index (χ3v) is 3.83. The van der Waals surface area contributed by atoms with Crippen molar-refractivity contribution in [2.45, 2.75) is 18.9 Å². The van der Waals surface area contributed by atoms with Crippen molar-refractivity contribution in [3.8, 4) is 5.75 Å². The summed E-state index contributed by atoms with van der Waals surface area (Å²) in [5.74, 6) is 0.111. The van der Waals surface area contributed by atoms with E-state index in [1.54, 1.807) is 7.11 Å². The predicted molar refractivity (Wildman–Crippen MR) is 94.5 cm³/mol. The molecule has 0 unspecified atom stereocenters. The molecule has 1 N–H and O–H groups in total. The third kappa shape index (κ3) is 4.83. The van der Waals surface area contributed by atoms with Crippen LogP contribution in [0.5, 0.6) is 5.75 Å². The molecular weight excluding hydrogens is 302 g/mol. The first kappa shape index (κ1) is 18.0. The van der Waals surface area contributed by atoms with Gasteiger partial charge in [-0.15, -0.1) is 0 Å². The molecule has 128 valence electrons. The highest BCUT2D eigenvalue weighted by atomic mass is 16.5. The Bertz CT molecular complexity index is 638. The average molecular weight is 328 g/mol. The van der Waals surface area contributed by atoms with Crippen LogP contribution in [0.25, 0.3) is 0 Å². The van der Waals surface area contributed by atoms with Gasteiger partial charge in [-0.1, -0.05) is 42.5 Å². The Hall–Kier alpha value is -2.33. The Morgan fingerprint density at radius 3 is 2.12 bits per heavy atom. The van der Waals surface area contributed by atoms with Crippen LogP contribution < -0.4 is 9.64 Å². The minimum Gasteiger partial charge on any atom is -0.497 e. The highest BCUT2D eigenvalue weighted by molar-refractivity contribution is 5.82. The van der Waals surface area contributed by atoms with Gasteiger partial charge in [0.1, 0.15) is 24.3 Å². The number of rotatable bonds is 7. The molecule has 0 fully saturated rings. The molecule has 4 heteroatoms. The number of hydrogen-bond acceptors (Lipinski definition) is 3. The molecule has 0 bridgehead atoms. The molecule has 0 radical (unpaired) electrons. The predicted octanol–water partition coefficient (Wildman–Crippen LogP) is 1.90. The minimum atomic E-state index is -0.434. The number of ether oxygens (including phenoxy) is 2. The first-order chi connectivity index (χ1) is 11.5. The van der Waals surface area contributed by atoms with Crippen LogP contribution in [0.3, 0.4) is 0 Å². The van der Waals surface area contributed by atoms with Crippen LogP contribution in [-0.4, -0.2) is 39.8 Å². The van der Waals surface area contributed by atoms with Gasteiger partial charge in [0.15, 0.2) is 0 Å². The van der Waals surface area contributed by atoms with Gasteiger partial charge in [-0.2, -0.15) is 0 Å². The third-order valence-electron chi connectivity index (χ3n) is 3.83. The molecule has 0 aromatic heterocycles. The van der Waals surface area contributed by atoms with Gasteiger partial charge in [0.2, 0.25) is 0 Å². The van der Waals surface area contributed by atoms with Gasteiger partial charge in [0.05, 0.1) is 21.2 Å². The molecule has 2 atom stereocenters. The monoisotopic (exact) mass is 328 g/mol. The summed E-state index contributed by atoms with van der Waals surface area (Å²) in [4.78, 5) is 14.1. The van der Waals surface area contributed by atoms with Crippen LogP contribution >= 0.6 is 0 Å². The highest BCUT2D eigenvalue weighted by Crippen LogP contribution is 2.28. The zero-order valence-electron chi connectivity index (χ0n) is 14.8. The van der Waals surface area contributed by atoms with Crippen LogP contribution in [0.4, 0.5) is 0 Å². The Balaban J connectivity index is 2.27. The van der Waals surface area contributed by atoms with E-state index >= 15 is 0 Å². The van der Waals surface area contributed by atoms with E-state index in [-0.39, 0.29) is 12.1 Å². The van der Waals surface area contributed by atoms with E-state index in [4.69, 9.17) is 9.47 Å². The summed E-state index contributed by atoms with van der Waals surface area (Å²) < 4.78 is 10.9. The second kappa shape index (κ2) is 8.50. The largest absolute Gasteiger partial charge is 0.497 e. The van der Waals surface area contributed by atoms with Crippen molar-refractivity contribution in [1.82, 2.24) is 0 Å². The molecule has 4 nitrogen and oxygen atoms in total. The van der Waals surface area contributed by atoms with Gasteiger partial charge in [0, 0.05) is 0 Å². The Labute approximate surface area is 144 Å². The lowest BCUT2D eigenvalue weighted by molar-refractivity contribution is -0.861. The van der Waals surface area contributed by atoms with Crippen molar-refractivity contribution in [2.24, 2.45) is 0 Å². The molecule has 2 aromatic carbocycles. The molecule has 0 aliphatic carbocycles.